The van der Waals surface area contributed by atoms with E-state index in [1.807, 2.05) is 30.3 Å². The number of carbonyl (C=O) groups excluding carboxylic acids is 1. The fraction of sp³-hybridized carbons (Fsp3) is 0.0625. The zero-order valence-corrected chi connectivity index (χ0v) is 11.2. The maximum absolute atomic E-state index is 12.0. The molecule has 3 heteroatoms. The number of ketones is 1. The van der Waals surface area contributed by atoms with Crippen LogP contribution in [0.4, 0.5) is 0 Å². The van der Waals surface area contributed by atoms with Crippen LogP contribution < -0.4 is 4.74 Å². The topological polar surface area (TPSA) is 26.3 Å². The molecule has 0 amide bonds. The summed E-state index contributed by atoms with van der Waals surface area (Å²) in [5.41, 5.74) is 1.44. The molecule has 0 spiro atoms. The fourth-order valence-electron chi connectivity index (χ4n) is 1.65. The summed E-state index contributed by atoms with van der Waals surface area (Å²) in [6, 6.07) is 14.6. The normalized spacial score (nSPS) is 10.6. The van der Waals surface area contributed by atoms with Crippen LogP contribution in [0.15, 0.2) is 54.6 Å². The predicted molar refractivity (Wildman–Crippen MR) is 77.8 cm³/mol. The predicted octanol–water partition coefficient (Wildman–Crippen LogP) is 4.24. The maximum Gasteiger partial charge on any atom is 0.187 e. The highest BCUT2D eigenvalue weighted by Crippen LogP contribution is 2.23. The van der Waals surface area contributed by atoms with Gasteiger partial charge in [-0.25, -0.2) is 0 Å². The summed E-state index contributed by atoms with van der Waals surface area (Å²) < 4.78 is 5.05. The Morgan fingerprint density at radius 2 is 1.89 bits per heavy atom. The monoisotopic (exact) mass is 272 g/mol. The number of rotatable bonds is 4. The van der Waals surface area contributed by atoms with E-state index < -0.39 is 0 Å². The largest absolute Gasteiger partial charge is 0.497 e. The Labute approximate surface area is 117 Å². The molecule has 2 rings (SSSR count). The number of hydrogen-bond donors (Lipinski definition) is 0. The highest BCUT2D eigenvalue weighted by atomic mass is 35.5. The molecule has 0 N–H and O–H groups in total. The van der Waals surface area contributed by atoms with Gasteiger partial charge in [0.2, 0.25) is 0 Å². The molecule has 0 saturated heterocycles. The third kappa shape index (κ3) is 3.46. The van der Waals surface area contributed by atoms with E-state index in [4.69, 9.17) is 16.3 Å². The molecule has 2 aromatic carbocycles. The summed E-state index contributed by atoms with van der Waals surface area (Å²) in [6.45, 7) is 0. The van der Waals surface area contributed by atoms with Crippen molar-refractivity contribution in [2.24, 2.45) is 0 Å². The highest BCUT2D eigenvalue weighted by Gasteiger charge is 2.08. The molecule has 2 nitrogen and oxygen atoms in total. The lowest BCUT2D eigenvalue weighted by Crippen LogP contribution is -1.96. The Bertz CT molecular complexity index is 603. The molecule has 0 radical (unpaired) electrons. The maximum atomic E-state index is 12.0. The molecular weight excluding hydrogens is 260 g/mol. The first-order chi connectivity index (χ1) is 9.20. The molecule has 0 aliphatic heterocycles. The van der Waals surface area contributed by atoms with Gasteiger partial charge in [-0.1, -0.05) is 48.0 Å². The SMILES string of the molecule is COc1ccc(C(=O)/C=C/c2ccccc2)c(Cl)c1. The van der Waals surface area contributed by atoms with E-state index in [1.165, 1.54) is 6.08 Å². The fourth-order valence-corrected chi connectivity index (χ4v) is 1.91. The van der Waals surface area contributed by atoms with Crippen LogP contribution in [0.25, 0.3) is 6.08 Å². The van der Waals surface area contributed by atoms with Crippen LogP contribution in [0, 0.1) is 0 Å². The van der Waals surface area contributed by atoms with Crippen molar-refractivity contribution in [1.82, 2.24) is 0 Å². The van der Waals surface area contributed by atoms with E-state index in [-0.39, 0.29) is 5.78 Å². The number of carbonyl (C=O) groups is 1. The summed E-state index contributed by atoms with van der Waals surface area (Å²) in [5.74, 6) is 0.505. The van der Waals surface area contributed by atoms with Gasteiger partial charge in [-0.2, -0.15) is 0 Å². The van der Waals surface area contributed by atoms with Crippen LogP contribution in [0.1, 0.15) is 15.9 Å². The molecule has 19 heavy (non-hydrogen) atoms. The molecule has 0 heterocycles. The van der Waals surface area contributed by atoms with Crippen molar-refractivity contribution in [2.75, 3.05) is 7.11 Å². The molecule has 0 unspecified atom stereocenters. The molecule has 0 aliphatic rings. The van der Waals surface area contributed by atoms with Gasteiger partial charge in [0.1, 0.15) is 5.75 Å². The Balaban J connectivity index is 2.19. The van der Waals surface area contributed by atoms with Crippen molar-refractivity contribution in [3.8, 4) is 5.75 Å². The number of halogens is 1. The van der Waals surface area contributed by atoms with E-state index in [9.17, 15) is 4.79 Å². The first kappa shape index (κ1) is 13.4. The third-order valence-electron chi connectivity index (χ3n) is 2.67. The second-order valence-corrected chi connectivity index (χ2v) is 4.36. The van der Waals surface area contributed by atoms with Crippen LogP contribution >= 0.6 is 11.6 Å². The van der Waals surface area contributed by atoms with Crippen molar-refractivity contribution in [3.05, 3.63) is 70.8 Å². The van der Waals surface area contributed by atoms with Gasteiger partial charge < -0.3 is 4.74 Å². The van der Waals surface area contributed by atoms with Crippen molar-refractivity contribution in [1.29, 1.82) is 0 Å². The molecule has 0 aliphatic carbocycles. The minimum absolute atomic E-state index is 0.128. The van der Waals surface area contributed by atoms with Crippen LogP contribution in [-0.2, 0) is 0 Å². The second kappa shape index (κ2) is 6.21. The molecule has 0 fully saturated rings. The van der Waals surface area contributed by atoms with Gasteiger partial charge in [-0.3, -0.25) is 4.79 Å². The Morgan fingerprint density at radius 3 is 2.53 bits per heavy atom. The zero-order valence-electron chi connectivity index (χ0n) is 10.5. The highest BCUT2D eigenvalue weighted by molar-refractivity contribution is 6.34. The lowest BCUT2D eigenvalue weighted by Gasteiger charge is -2.03. The van der Waals surface area contributed by atoms with E-state index in [2.05, 4.69) is 0 Å². The lowest BCUT2D eigenvalue weighted by molar-refractivity contribution is 0.104. The summed E-state index contributed by atoms with van der Waals surface area (Å²) in [7, 11) is 1.56. The first-order valence-corrected chi connectivity index (χ1v) is 6.19. The van der Waals surface area contributed by atoms with E-state index in [1.54, 1.807) is 31.4 Å². The van der Waals surface area contributed by atoms with E-state index in [0.29, 0.717) is 16.3 Å². The standard InChI is InChI=1S/C16H13ClO2/c1-19-13-8-9-14(15(17)11-13)16(18)10-7-12-5-3-2-4-6-12/h2-11H,1H3/b10-7+. The molecule has 0 saturated carbocycles. The molecule has 0 bridgehead atoms. The van der Waals surface area contributed by atoms with Crippen LogP contribution in [0.2, 0.25) is 5.02 Å². The molecule has 0 atom stereocenters. The number of benzene rings is 2. The average Bonchev–Trinajstić information content (AvgIpc) is 2.45. The Hall–Kier alpha value is -2.06. The van der Waals surface area contributed by atoms with Gasteiger partial charge in [0.15, 0.2) is 5.78 Å². The quantitative estimate of drug-likeness (QED) is 0.614. The Kier molecular flexibility index (Phi) is 4.37. The zero-order chi connectivity index (χ0) is 13.7. The van der Waals surface area contributed by atoms with Gasteiger partial charge in [-0.05, 0) is 29.8 Å². The van der Waals surface area contributed by atoms with Gasteiger partial charge in [0.25, 0.3) is 0 Å². The first-order valence-electron chi connectivity index (χ1n) is 5.81. The number of ether oxygens (including phenoxy) is 1. The number of methoxy groups -OCH3 is 1. The van der Waals surface area contributed by atoms with Crippen molar-refractivity contribution in [3.63, 3.8) is 0 Å². The van der Waals surface area contributed by atoms with E-state index >= 15 is 0 Å². The van der Waals surface area contributed by atoms with Crippen LogP contribution in [0.3, 0.4) is 0 Å². The van der Waals surface area contributed by atoms with Crippen LogP contribution in [0.5, 0.6) is 5.75 Å². The minimum Gasteiger partial charge on any atom is -0.497 e. The summed E-state index contributed by atoms with van der Waals surface area (Å²) in [4.78, 5) is 12.0. The smallest absolute Gasteiger partial charge is 0.187 e. The second-order valence-electron chi connectivity index (χ2n) is 3.95. The Morgan fingerprint density at radius 1 is 1.16 bits per heavy atom. The summed E-state index contributed by atoms with van der Waals surface area (Å²) >= 11 is 6.05. The average molecular weight is 273 g/mol. The van der Waals surface area contributed by atoms with Gasteiger partial charge in [0.05, 0.1) is 12.1 Å². The summed E-state index contributed by atoms with van der Waals surface area (Å²) in [5, 5.41) is 0.391. The molecule has 96 valence electrons. The van der Waals surface area contributed by atoms with Crippen molar-refractivity contribution >= 4 is 23.5 Å². The van der Waals surface area contributed by atoms with Crippen LogP contribution in [-0.4, -0.2) is 12.9 Å². The molecular formula is C16H13ClO2. The molecule has 0 aromatic heterocycles. The minimum atomic E-state index is -0.128. The van der Waals surface area contributed by atoms with Crippen molar-refractivity contribution in [2.45, 2.75) is 0 Å². The third-order valence-corrected chi connectivity index (χ3v) is 2.98. The van der Waals surface area contributed by atoms with E-state index in [0.717, 1.165) is 5.56 Å². The van der Waals surface area contributed by atoms with Gasteiger partial charge in [0, 0.05) is 5.56 Å². The number of hydrogen-bond acceptors (Lipinski definition) is 2. The lowest BCUT2D eigenvalue weighted by atomic mass is 10.1. The number of allylic oxidation sites excluding steroid dienone is 1. The van der Waals surface area contributed by atoms with Gasteiger partial charge in [-0.15, -0.1) is 0 Å². The van der Waals surface area contributed by atoms with Crippen molar-refractivity contribution < 1.29 is 9.53 Å². The van der Waals surface area contributed by atoms with Gasteiger partial charge >= 0.3 is 0 Å². The molecule has 2 aromatic rings. The summed E-state index contributed by atoms with van der Waals surface area (Å²) in [6.07, 6.45) is 3.28.